The van der Waals surface area contributed by atoms with Crippen molar-refractivity contribution in [2.24, 2.45) is 5.92 Å². The molecule has 0 radical (unpaired) electrons. The summed E-state index contributed by atoms with van der Waals surface area (Å²) in [4.78, 5) is 16.6. The Hall–Kier alpha value is -3.64. The molecule has 0 spiro atoms. The van der Waals surface area contributed by atoms with E-state index in [1.807, 2.05) is 13.1 Å². The van der Waals surface area contributed by atoms with Gasteiger partial charge in [0.25, 0.3) is 0 Å². The Bertz CT molecular complexity index is 1540. The van der Waals surface area contributed by atoms with E-state index in [1.165, 1.54) is 76.7 Å². The second kappa shape index (κ2) is 14.2. The Balaban J connectivity index is 1.17. The molecule has 1 aliphatic carbocycles. The molecular formula is C38H44N2O3. The van der Waals surface area contributed by atoms with Crippen LogP contribution in [0, 0.1) is 5.92 Å². The molecular weight excluding hydrogens is 532 g/mol. The van der Waals surface area contributed by atoms with Crippen molar-refractivity contribution in [3.8, 4) is 16.9 Å². The summed E-state index contributed by atoms with van der Waals surface area (Å²) < 4.78 is 6.11. The van der Waals surface area contributed by atoms with Crippen LogP contribution >= 0.6 is 0 Å². The van der Waals surface area contributed by atoms with Crippen molar-refractivity contribution < 1.29 is 14.5 Å². The van der Waals surface area contributed by atoms with E-state index in [4.69, 9.17) is 14.5 Å². The standard InChI is InChI=1S/C38H44N2O3/c1-3-42-43-27-34-13-17-36(31-11-9-30(10-12-31)32-14-18-38-33(26-32)19-20-39-38)37(28(34)2)25-29-7-15-35(16-8-29)41-24-23-40-21-5-4-6-22-40/h7-12,14-20,26,34,39H,3-6,13,21-25,27H2,1-2H3. The van der Waals surface area contributed by atoms with Gasteiger partial charge in [-0.2, -0.15) is 0 Å². The van der Waals surface area contributed by atoms with Gasteiger partial charge in [0.05, 0.1) is 13.2 Å². The van der Waals surface area contributed by atoms with Crippen molar-refractivity contribution >= 4 is 16.5 Å². The lowest BCUT2D eigenvalue weighted by molar-refractivity contribution is -0.296. The topological polar surface area (TPSA) is 46.7 Å². The molecule has 224 valence electrons. The molecule has 1 aromatic heterocycles. The van der Waals surface area contributed by atoms with Gasteiger partial charge in [0.1, 0.15) is 12.4 Å². The zero-order chi connectivity index (χ0) is 29.4. The van der Waals surface area contributed by atoms with E-state index >= 15 is 0 Å². The van der Waals surface area contributed by atoms with Gasteiger partial charge in [0.15, 0.2) is 0 Å². The average molecular weight is 577 g/mol. The number of nitrogens with zero attached hydrogens (tertiary/aromatic N) is 1. The van der Waals surface area contributed by atoms with Gasteiger partial charge in [-0.25, -0.2) is 9.78 Å². The molecule has 5 heteroatoms. The minimum atomic E-state index is 0.301. The SMILES string of the molecule is CCOOCC1CC=C(c2ccc(-c3ccc4[nH]ccc4c3)cc2)C(Cc2ccc(OCCN3CCCCC3)cc2)=C1C. The number of aromatic amines is 1. The minimum Gasteiger partial charge on any atom is -0.492 e. The molecule has 1 unspecified atom stereocenters. The second-order valence-corrected chi connectivity index (χ2v) is 11.8. The van der Waals surface area contributed by atoms with Gasteiger partial charge in [-0.1, -0.05) is 60.5 Å². The summed E-state index contributed by atoms with van der Waals surface area (Å²) in [5.74, 6) is 1.25. The number of ether oxygens (including phenoxy) is 1. The van der Waals surface area contributed by atoms with E-state index in [-0.39, 0.29) is 0 Å². The molecule has 43 heavy (non-hydrogen) atoms. The first-order valence-corrected chi connectivity index (χ1v) is 15.9. The Morgan fingerprint density at radius 1 is 0.837 bits per heavy atom. The smallest absolute Gasteiger partial charge is 0.119 e. The molecule has 1 atom stereocenters. The van der Waals surface area contributed by atoms with E-state index < -0.39 is 0 Å². The Kier molecular flexibility index (Phi) is 9.73. The average Bonchev–Trinajstić information content (AvgIpc) is 3.53. The lowest BCUT2D eigenvalue weighted by atomic mass is 9.79. The molecule has 1 saturated heterocycles. The molecule has 0 saturated carbocycles. The summed E-state index contributed by atoms with van der Waals surface area (Å²) in [6.07, 6.45) is 10.2. The minimum absolute atomic E-state index is 0.301. The fraction of sp³-hybridized carbons (Fsp3) is 0.368. The molecule has 1 aliphatic heterocycles. The third-order valence-electron chi connectivity index (χ3n) is 9.00. The van der Waals surface area contributed by atoms with Crippen LogP contribution in [0.4, 0.5) is 0 Å². The summed E-state index contributed by atoms with van der Waals surface area (Å²) in [5, 5.41) is 1.23. The van der Waals surface area contributed by atoms with Crippen LogP contribution in [0.1, 0.15) is 50.7 Å². The molecule has 2 aliphatic rings. The zero-order valence-corrected chi connectivity index (χ0v) is 25.6. The first-order chi connectivity index (χ1) is 21.2. The Labute approximate surface area is 256 Å². The van der Waals surface area contributed by atoms with Crippen LogP contribution in [0.2, 0.25) is 0 Å². The number of H-pyrrole nitrogens is 1. The number of nitrogens with one attached hydrogen (secondary N) is 1. The number of hydrogen-bond donors (Lipinski definition) is 1. The van der Waals surface area contributed by atoms with Crippen LogP contribution in [-0.4, -0.2) is 49.3 Å². The lowest BCUT2D eigenvalue weighted by Gasteiger charge is -2.27. The first-order valence-electron chi connectivity index (χ1n) is 15.9. The summed E-state index contributed by atoms with van der Waals surface area (Å²) in [6.45, 7) is 9.50. The molecule has 0 amide bonds. The van der Waals surface area contributed by atoms with E-state index in [9.17, 15) is 0 Å². The van der Waals surface area contributed by atoms with Crippen LogP contribution in [0.5, 0.6) is 5.75 Å². The van der Waals surface area contributed by atoms with Gasteiger partial charge >= 0.3 is 0 Å². The normalized spacial score (nSPS) is 17.8. The number of hydrogen-bond acceptors (Lipinski definition) is 4. The highest BCUT2D eigenvalue weighted by Gasteiger charge is 2.23. The van der Waals surface area contributed by atoms with Crippen molar-refractivity contribution in [3.63, 3.8) is 0 Å². The van der Waals surface area contributed by atoms with E-state index in [0.717, 1.165) is 37.3 Å². The van der Waals surface area contributed by atoms with Gasteiger partial charge in [-0.3, -0.25) is 4.90 Å². The molecule has 6 rings (SSSR count). The second-order valence-electron chi connectivity index (χ2n) is 11.8. The summed E-state index contributed by atoms with van der Waals surface area (Å²) in [5.41, 5.74) is 10.2. The van der Waals surface area contributed by atoms with Crippen LogP contribution < -0.4 is 4.74 Å². The Morgan fingerprint density at radius 3 is 2.40 bits per heavy atom. The largest absolute Gasteiger partial charge is 0.492 e. The van der Waals surface area contributed by atoms with Crippen molar-refractivity contribution in [1.29, 1.82) is 0 Å². The van der Waals surface area contributed by atoms with Crippen molar-refractivity contribution in [3.05, 3.63) is 107 Å². The molecule has 5 nitrogen and oxygen atoms in total. The van der Waals surface area contributed by atoms with Crippen LogP contribution in [0.3, 0.4) is 0 Å². The number of benzene rings is 3. The predicted octanol–water partition coefficient (Wildman–Crippen LogP) is 8.63. The summed E-state index contributed by atoms with van der Waals surface area (Å²) in [6, 6.07) is 26.4. The summed E-state index contributed by atoms with van der Waals surface area (Å²) >= 11 is 0. The fourth-order valence-electron chi connectivity index (χ4n) is 6.41. The fourth-order valence-corrected chi connectivity index (χ4v) is 6.41. The monoisotopic (exact) mass is 576 g/mol. The molecule has 0 bridgehead atoms. The number of allylic oxidation sites excluding steroid dienone is 3. The number of likely N-dealkylation sites (tertiary alicyclic amines) is 1. The van der Waals surface area contributed by atoms with Crippen LogP contribution in [0.25, 0.3) is 27.6 Å². The molecule has 3 aromatic carbocycles. The van der Waals surface area contributed by atoms with E-state index in [2.05, 4.69) is 95.7 Å². The Morgan fingerprint density at radius 2 is 1.60 bits per heavy atom. The maximum Gasteiger partial charge on any atom is 0.119 e. The lowest BCUT2D eigenvalue weighted by Crippen LogP contribution is -2.33. The molecule has 4 aromatic rings. The van der Waals surface area contributed by atoms with Gasteiger partial charge in [0, 0.05) is 24.2 Å². The highest BCUT2D eigenvalue weighted by molar-refractivity contribution is 5.86. The quantitative estimate of drug-likeness (QED) is 0.104. The maximum atomic E-state index is 6.11. The molecule has 1 fully saturated rings. The van der Waals surface area contributed by atoms with Crippen molar-refractivity contribution in [1.82, 2.24) is 9.88 Å². The third-order valence-corrected chi connectivity index (χ3v) is 9.00. The first kappa shape index (κ1) is 29.4. The third kappa shape index (κ3) is 7.30. The van der Waals surface area contributed by atoms with Gasteiger partial charge in [0.2, 0.25) is 0 Å². The predicted molar refractivity (Wildman–Crippen MR) is 176 cm³/mol. The van der Waals surface area contributed by atoms with Crippen molar-refractivity contribution in [2.75, 3.05) is 39.5 Å². The highest BCUT2D eigenvalue weighted by atomic mass is 17.2. The molecule has 1 N–H and O–H groups in total. The number of rotatable bonds is 12. The van der Waals surface area contributed by atoms with Crippen molar-refractivity contribution in [2.45, 2.75) is 46.0 Å². The number of piperidine rings is 1. The van der Waals surface area contributed by atoms with Gasteiger partial charge in [-0.05, 0) is 122 Å². The zero-order valence-electron chi connectivity index (χ0n) is 25.6. The van der Waals surface area contributed by atoms with E-state index in [1.54, 1.807) is 0 Å². The summed E-state index contributed by atoms with van der Waals surface area (Å²) in [7, 11) is 0. The highest BCUT2D eigenvalue weighted by Crippen LogP contribution is 2.38. The molecule has 2 heterocycles. The van der Waals surface area contributed by atoms with Crippen LogP contribution in [0.15, 0.2) is 96.2 Å². The maximum absolute atomic E-state index is 6.11. The van der Waals surface area contributed by atoms with E-state index in [0.29, 0.717) is 19.1 Å². The van der Waals surface area contributed by atoms with Gasteiger partial charge < -0.3 is 9.72 Å². The number of fused-ring (bicyclic) bond motifs is 1. The van der Waals surface area contributed by atoms with Gasteiger partial charge in [-0.15, -0.1) is 0 Å². The number of aromatic nitrogens is 1. The van der Waals surface area contributed by atoms with Crippen LogP contribution in [-0.2, 0) is 16.2 Å².